The molecule has 0 spiro atoms. The van der Waals surface area contributed by atoms with Crippen LogP contribution in [0.3, 0.4) is 0 Å². The molecule has 0 aliphatic heterocycles. The van der Waals surface area contributed by atoms with Crippen LogP contribution in [0.1, 0.15) is 15.9 Å². The van der Waals surface area contributed by atoms with Crippen molar-refractivity contribution in [1.82, 2.24) is 15.0 Å². The SMILES string of the molecule is CNS(=O)(=O)c1ccc(CNC(=O)c2ccc(-c3ccc(F)cc3)nc2)c(Cl)c1. The van der Waals surface area contributed by atoms with Gasteiger partial charge in [-0.05, 0) is 61.1 Å². The Hall–Kier alpha value is -2.81. The molecule has 6 nitrogen and oxygen atoms in total. The van der Waals surface area contributed by atoms with E-state index in [2.05, 4.69) is 15.0 Å². The van der Waals surface area contributed by atoms with Gasteiger partial charge in [0.15, 0.2) is 0 Å². The molecule has 0 atom stereocenters. The van der Waals surface area contributed by atoms with Crippen molar-refractivity contribution in [3.05, 3.63) is 82.8 Å². The lowest BCUT2D eigenvalue weighted by Crippen LogP contribution is -2.23. The summed E-state index contributed by atoms with van der Waals surface area (Å²) >= 11 is 6.14. The van der Waals surface area contributed by atoms with Crippen LogP contribution >= 0.6 is 11.6 Å². The first-order valence-electron chi connectivity index (χ1n) is 8.52. The molecule has 3 aromatic rings. The van der Waals surface area contributed by atoms with E-state index in [-0.39, 0.29) is 28.2 Å². The number of pyridine rings is 1. The van der Waals surface area contributed by atoms with Crippen LogP contribution in [-0.2, 0) is 16.6 Å². The predicted octanol–water partition coefficient (Wildman–Crippen LogP) is 3.38. The van der Waals surface area contributed by atoms with Crippen LogP contribution in [0, 0.1) is 5.82 Å². The fourth-order valence-corrected chi connectivity index (χ4v) is 3.62. The summed E-state index contributed by atoms with van der Waals surface area (Å²) in [5, 5.41) is 2.95. The number of sulfonamides is 1. The highest BCUT2D eigenvalue weighted by molar-refractivity contribution is 7.89. The van der Waals surface area contributed by atoms with Crippen LogP contribution in [0.15, 0.2) is 65.7 Å². The molecule has 1 amide bonds. The summed E-state index contributed by atoms with van der Waals surface area (Å²) in [6.45, 7) is 0.122. The molecule has 0 bridgehead atoms. The van der Waals surface area contributed by atoms with Gasteiger partial charge in [0.05, 0.1) is 16.2 Å². The number of carbonyl (C=O) groups excluding carboxylic acids is 1. The van der Waals surface area contributed by atoms with Gasteiger partial charge in [-0.15, -0.1) is 0 Å². The molecule has 1 heterocycles. The third kappa shape index (κ3) is 4.97. The first-order chi connectivity index (χ1) is 13.8. The Labute approximate surface area is 172 Å². The maximum Gasteiger partial charge on any atom is 0.253 e. The molecule has 2 aromatic carbocycles. The molecule has 0 unspecified atom stereocenters. The van der Waals surface area contributed by atoms with E-state index >= 15 is 0 Å². The maximum absolute atomic E-state index is 13.0. The van der Waals surface area contributed by atoms with Gasteiger partial charge in [0, 0.05) is 23.3 Å². The Morgan fingerprint density at radius 2 is 1.83 bits per heavy atom. The van der Waals surface area contributed by atoms with Crippen molar-refractivity contribution in [1.29, 1.82) is 0 Å². The van der Waals surface area contributed by atoms with Gasteiger partial charge < -0.3 is 5.32 Å². The molecule has 0 radical (unpaired) electrons. The highest BCUT2D eigenvalue weighted by atomic mass is 35.5. The number of nitrogens with one attached hydrogen (secondary N) is 2. The molecule has 0 aliphatic rings. The Morgan fingerprint density at radius 1 is 1.10 bits per heavy atom. The van der Waals surface area contributed by atoms with Gasteiger partial charge in [-0.2, -0.15) is 0 Å². The molecule has 3 rings (SSSR count). The third-order valence-corrected chi connectivity index (χ3v) is 5.97. The zero-order valence-corrected chi connectivity index (χ0v) is 16.9. The standard InChI is InChI=1S/C20H17ClFN3O3S/c1-23-29(27,28)17-8-4-14(18(21)10-17)11-25-20(26)15-5-9-19(24-12-15)13-2-6-16(22)7-3-13/h2-10,12,23H,11H2,1H3,(H,25,26). The minimum absolute atomic E-state index is 0.0423. The second-order valence-corrected chi connectivity index (χ2v) is 8.38. The van der Waals surface area contributed by atoms with Crippen LogP contribution in [0.5, 0.6) is 0 Å². The van der Waals surface area contributed by atoms with E-state index in [1.54, 1.807) is 30.3 Å². The number of nitrogens with zero attached hydrogens (tertiary/aromatic N) is 1. The molecular formula is C20H17ClFN3O3S. The molecule has 2 N–H and O–H groups in total. The molecule has 0 fully saturated rings. The monoisotopic (exact) mass is 433 g/mol. The Balaban J connectivity index is 1.67. The molecule has 9 heteroatoms. The number of carbonyl (C=O) groups is 1. The van der Waals surface area contributed by atoms with Gasteiger partial charge >= 0.3 is 0 Å². The second-order valence-electron chi connectivity index (χ2n) is 6.08. The van der Waals surface area contributed by atoms with E-state index in [1.165, 1.54) is 37.5 Å². The Bertz CT molecular complexity index is 1130. The van der Waals surface area contributed by atoms with Crippen molar-refractivity contribution in [2.75, 3.05) is 7.05 Å². The first-order valence-corrected chi connectivity index (χ1v) is 10.4. The van der Waals surface area contributed by atoms with E-state index in [0.717, 1.165) is 5.56 Å². The van der Waals surface area contributed by atoms with Gasteiger partial charge in [-0.25, -0.2) is 17.5 Å². The Kier molecular flexibility index (Phi) is 6.26. The summed E-state index contributed by atoms with van der Waals surface area (Å²) in [7, 11) is -2.28. The summed E-state index contributed by atoms with van der Waals surface area (Å²) in [6.07, 6.45) is 1.43. The first kappa shape index (κ1) is 20.9. The maximum atomic E-state index is 13.0. The number of halogens is 2. The van der Waals surface area contributed by atoms with Gasteiger partial charge in [-0.1, -0.05) is 17.7 Å². The third-order valence-electron chi connectivity index (χ3n) is 4.21. The summed E-state index contributed by atoms with van der Waals surface area (Å²) in [5.74, 6) is -0.689. The number of hydrogen-bond acceptors (Lipinski definition) is 4. The van der Waals surface area contributed by atoms with E-state index < -0.39 is 10.0 Å². The van der Waals surface area contributed by atoms with Gasteiger partial charge in [0.25, 0.3) is 5.91 Å². The largest absolute Gasteiger partial charge is 0.348 e. The lowest BCUT2D eigenvalue weighted by Gasteiger charge is -2.09. The topological polar surface area (TPSA) is 88.2 Å². The second kappa shape index (κ2) is 8.69. The average Bonchev–Trinajstić information content (AvgIpc) is 2.73. The fourth-order valence-electron chi connectivity index (χ4n) is 2.55. The molecule has 29 heavy (non-hydrogen) atoms. The number of aromatic nitrogens is 1. The van der Waals surface area contributed by atoms with Crippen LogP contribution < -0.4 is 10.0 Å². The summed E-state index contributed by atoms with van der Waals surface area (Å²) < 4.78 is 38.8. The normalized spacial score (nSPS) is 11.3. The molecule has 0 aliphatic carbocycles. The van der Waals surface area contributed by atoms with Crippen LogP contribution in [0.4, 0.5) is 4.39 Å². The zero-order chi connectivity index (χ0) is 21.0. The van der Waals surface area contributed by atoms with E-state index in [4.69, 9.17) is 11.6 Å². The average molecular weight is 434 g/mol. The smallest absolute Gasteiger partial charge is 0.253 e. The fraction of sp³-hybridized carbons (Fsp3) is 0.100. The predicted molar refractivity (Wildman–Crippen MR) is 108 cm³/mol. The highest BCUT2D eigenvalue weighted by Gasteiger charge is 2.14. The van der Waals surface area contributed by atoms with Crippen LogP contribution in [0.25, 0.3) is 11.3 Å². The van der Waals surface area contributed by atoms with Gasteiger partial charge in [0.2, 0.25) is 10.0 Å². The summed E-state index contributed by atoms with van der Waals surface area (Å²) in [6, 6.07) is 13.5. The highest BCUT2D eigenvalue weighted by Crippen LogP contribution is 2.21. The number of benzene rings is 2. The summed E-state index contributed by atoms with van der Waals surface area (Å²) in [5.41, 5.74) is 2.28. The van der Waals surface area contributed by atoms with Crippen molar-refractivity contribution in [3.8, 4) is 11.3 Å². The van der Waals surface area contributed by atoms with Crippen molar-refractivity contribution in [2.24, 2.45) is 0 Å². The van der Waals surface area contributed by atoms with Crippen LogP contribution in [0.2, 0.25) is 5.02 Å². The lowest BCUT2D eigenvalue weighted by atomic mass is 10.1. The van der Waals surface area contributed by atoms with Gasteiger partial charge in [0.1, 0.15) is 5.82 Å². The molecule has 0 saturated heterocycles. The number of rotatable bonds is 6. The molecular weight excluding hydrogens is 417 g/mol. The Morgan fingerprint density at radius 3 is 2.41 bits per heavy atom. The summed E-state index contributed by atoms with van der Waals surface area (Å²) in [4.78, 5) is 16.6. The van der Waals surface area contributed by atoms with Gasteiger partial charge in [-0.3, -0.25) is 9.78 Å². The van der Waals surface area contributed by atoms with E-state index in [0.29, 0.717) is 16.8 Å². The number of amides is 1. The van der Waals surface area contributed by atoms with E-state index in [9.17, 15) is 17.6 Å². The van der Waals surface area contributed by atoms with Crippen LogP contribution in [-0.4, -0.2) is 26.4 Å². The minimum atomic E-state index is -3.59. The van der Waals surface area contributed by atoms with Crippen molar-refractivity contribution >= 4 is 27.5 Å². The van der Waals surface area contributed by atoms with E-state index in [1.807, 2.05) is 0 Å². The lowest BCUT2D eigenvalue weighted by molar-refractivity contribution is 0.0950. The molecule has 150 valence electrons. The van der Waals surface area contributed by atoms with Crippen molar-refractivity contribution in [3.63, 3.8) is 0 Å². The van der Waals surface area contributed by atoms with Crippen molar-refractivity contribution in [2.45, 2.75) is 11.4 Å². The molecule has 1 aromatic heterocycles. The zero-order valence-electron chi connectivity index (χ0n) is 15.3. The number of hydrogen-bond donors (Lipinski definition) is 2. The minimum Gasteiger partial charge on any atom is -0.348 e. The quantitative estimate of drug-likeness (QED) is 0.623. The van der Waals surface area contributed by atoms with Crippen molar-refractivity contribution < 1.29 is 17.6 Å². The molecule has 0 saturated carbocycles.